The highest BCUT2D eigenvalue weighted by atomic mass is 79.9. The fourth-order valence-electron chi connectivity index (χ4n) is 1.47. The molecule has 2 aromatic rings. The summed E-state index contributed by atoms with van der Waals surface area (Å²) in [5, 5.41) is 8.17. The van der Waals surface area contributed by atoms with Crippen LogP contribution in [0.5, 0.6) is 0 Å². The fraction of sp³-hybridized carbons (Fsp3) is 0.333. The highest BCUT2D eigenvalue weighted by molar-refractivity contribution is 9.09. The van der Waals surface area contributed by atoms with Crippen LogP contribution in [0.3, 0.4) is 0 Å². The van der Waals surface area contributed by atoms with Gasteiger partial charge in [-0.25, -0.2) is 0 Å². The number of halogens is 1. The molecule has 0 saturated carbocycles. The van der Waals surface area contributed by atoms with Crippen molar-refractivity contribution in [3.8, 4) is 11.5 Å². The van der Waals surface area contributed by atoms with E-state index in [2.05, 4.69) is 39.1 Å². The topological polar surface area (TPSA) is 38.9 Å². The van der Waals surface area contributed by atoms with Gasteiger partial charge in [0, 0.05) is 4.90 Å². The van der Waals surface area contributed by atoms with E-state index < -0.39 is 0 Å². The third-order valence-electron chi connectivity index (χ3n) is 2.40. The molecule has 3 nitrogen and oxygen atoms in total. The van der Waals surface area contributed by atoms with Crippen LogP contribution in [0.4, 0.5) is 0 Å². The summed E-state index contributed by atoms with van der Waals surface area (Å²) in [7, 11) is 0. The van der Waals surface area contributed by atoms with Crippen molar-refractivity contribution in [1.29, 1.82) is 0 Å². The van der Waals surface area contributed by atoms with Gasteiger partial charge in [0.1, 0.15) is 0 Å². The summed E-state index contributed by atoms with van der Waals surface area (Å²) in [6.45, 7) is 2.07. The van der Waals surface area contributed by atoms with Gasteiger partial charge in [0.05, 0.1) is 10.4 Å². The summed E-state index contributed by atoms with van der Waals surface area (Å²) in [5.41, 5.74) is 0.995. The van der Waals surface area contributed by atoms with E-state index in [1.165, 1.54) is 0 Å². The number of rotatable bonds is 4. The molecule has 5 heteroatoms. The molecule has 0 aliphatic carbocycles. The first kappa shape index (κ1) is 12.6. The lowest BCUT2D eigenvalue weighted by Gasteiger charge is -2.02. The van der Waals surface area contributed by atoms with Crippen LogP contribution >= 0.6 is 27.7 Å². The van der Waals surface area contributed by atoms with Gasteiger partial charge in [0.2, 0.25) is 11.8 Å². The third-order valence-corrected chi connectivity index (χ3v) is 4.24. The smallest absolute Gasteiger partial charge is 0.248 e. The van der Waals surface area contributed by atoms with Gasteiger partial charge < -0.3 is 4.42 Å². The Morgan fingerprint density at radius 3 is 2.82 bits per heavy atom. The lowest BCUT2D eigenvalue weighted by molar-refractivity contribution is 0.499. The van der Waals surface area contributed by atoms with Gasteiger partial charge in [-0.15, -0.1) is 22.0 Å². The monoisotopic (exact) mass is 312 g/mol. The molecule has 0 aliphatic heterocycles. The number of nitrogens with zero attached hydrogens (tertiary/aromatic N) is 2. The van der Waals surface area contributed by atoms with Gasteiger partial charge in [0.15, 0.2) is 0 Å². The second-order valence-electron chi connectivity index (χ2n) is 3.52. The first-order valence-corrected chi connectivity index (χ1v) is 7.51. The molecule has 0 aliphatic rings. The van der Waals surface area contributed by atoms with E-state index in [-0.39, 0.29) is 4.83 Å². The van der Waals surface area contributed by atoms with Gasteiger partial charge in [0.25, 0.3) is 0 Å². The Morgan fingerprint density at radius 2 is 2.12 bits per heavy atom. The van der Waals surface area contributed by atoms with Crippen molar-refractivity contribution >= 4 is 27.7 Å². The number of aromatic nitrogens is 2. The van der Waals surface area contributed by atoms with Gasteiger partial charge in [-0.1, -0.05) is 35.0 Å². The van der Waals surface area contributed by atoms with Gasteiger partial charge in [-0.3, -0.25) is 0 Å². The molecule has 2 rings (SSSR count). The van der Waals surface area contributed by atoms with Crippen molar-refractivity contribution in [2.24, 2.45) is 0 Å². The molecular weight excluding hydrogens is 300 g/mol. The van der Waals surface area contributed by atoms with E-state index in [4.69, 9.17) is 4.42 Å². The summed E-state index contributed by atoms with van der Waals surface area (Å²) in [6, 6.07) is 8.03. The van der Waals surface area contributed by atoms with Gasteiger partial charge in [-0.2, -0.15) is 0 Å². The molecule has 1 aromatic carbocycles. The minimum atomic E-state index is 0.130. The van der Waals surface area contributed by atoms with Crippen LogP contribution in [0.1, 0.15) is 24.1 Å². The summed E-state index contributed by atoms with van der Waals surface area (Å²) in [4.78, 5) is 1.27. The van der Waals surface area contributed by atoms with Crippen molar-refractivity contribution in [2.75, 3.05) is 6.26 Å². The molecule has 0 spiro atoms. The summed E-state index contributed by atoms with van der Waals surface area (Å²) < 4.78 is 5.68. The lowest BCUT2D eigenvalue weighted by Crippen LogP contribution is -1.86. The standard InChI is InChI=1S/C12H13BrN2OS/c1-3-9(13)12-15-14-11(16-12)8-6-4-5-7-10(8)17-2/h4-7,9H,3H2,1-2H3. The first-order chi connectivity index (χ1) is 8.26. The Hall–Kier alpha value is -0.810. The average Bonchev–Trinajstić information content (AvgIpc) is 2.87. The normalized spacial score (nSPS) is 12.6. The molecule has 0 N–H and O–H groups in total. The summed E-state index contributed by atoms with van der Waals surface area (Å²) >= 11 is 5.18. The molecule has 0 radical (unpaired) electrons. The van der Waals surface area contributed by atoms with Gasteiger partial charge >= 0.3 is 0 Å². The Kier molecular flexibility index (Phi) is 4.23. The molecule has 1 unspecified atom stereocenters. The molecule has 90 valence electrons. The highest BCUT2D eigenvalue weighted by Gasteiger charge is 2.16. The summed E-state index contributed by atoms with van der Waals surface area (Å²) in [6.07, 6.45) is 2.96. The van der Waals surface area contributed by atoms with Crippen molar-refractivity contribution in [3.63, 3.8) is 0 Å². The summed E-state index contributed by atoms with van der Waals surface area (Å²) in [5.74, 6) is 1.22. The molecule has 1 aromatic heterocycles. The Labute approximate surface area is 113 Å². The largest absolute Gasteiger partial charge is 0.419 e. The van der Waals surface area contributed by atoms with Crippen molar-refractivity contribution in [3.05, 3.63) is 30.2 Å². The Morgan fingerprint density at radius 1 is 1.35 bits per heavy atom. The first-order valence-electron chi connectivity index (χ1n) is 5.37. The van der Waals surface area contributed by atoms with E-state index >= 15 is 0 Å². The molecular formula is C12H13BrN2OS. The maximum Gasteiger partial charge on any atom is 0.248 e. The molecule has 1 heterocycles. The van der Waals surface area contributed by atoms with Crippen LogP contribution in [0, 0.1) is 0 Å². The van der Waals surface area contributed by atoms with Crippen LogP contribution in [0.15, 0.2) is 33.6 Å². The second kappa shape index (κ2) is 5.69. The molecule has 0 bridgehead atoms. The van der Waals surface area contributed by atoms with E-state index in [1.54, 1.807) is 11.8 Å². The molecule has 17 heavy (non-hydrogen) atoms. The second-order valence-corrected chi connectivity index (χ2v) is 5.47. The van der Waals surface area contributed by atoms with Crippen LogP contribution in [0.2, 0.25) is 0 Å². The zero-order valence-electron chi connectivity index (χ0n) is 9.68. The number of hydrogen-bond donors (Lipinski definition) is 0. The minimum Gasteiger partial charge on any atom is -0.419 e. The lowest BCUT2D eigenvalue weighted by atomic mass is 10.2. The van der Waals surface area contributed by atoms with E-state index in [9.17, 15) is 0 Å². The average molecular weight is 313 g/mol. The quantitative estimate of drug-likeness (QED) is 0.623. The third kappa shape index (κ3) is 2.72. The highest BCUT2D eigenvalue weighted by Crippen LogP contribution is 2.32. The number of alkyl halides is 1. The van der Waals surface area contributed by atoms with E-state index in [0.29, 0.717) is 11.8 Å². The number of thioether (sulfide) groups is 1. The zero-order chi connectivity index (χ0) is 12.3. The predicted octanol–water partition coefficient (Wildman–Crippen LogP) is 4.30. The molecule has 0 saturated heterocycles. The van der Waals surface area contributed by atoms with E-state index in [1.807, 2.05) is 24.5 Å². The molecule has 1 atom stereocenters. The predicted molar refractivity (Wildman–Crippen MR) is 73.5 cm³/mol. The number of benzene rings is 1. The van der Waals surface area contributed by atoms with Crippen LogP contribution in [0.25, 0.3) is 11.5 Å². The van der Waals surface area contributed by atoms with Crippen molar-refractivity contribution < 1.29 is 4.42 Å². The Bertz CT molecular complexity index is 501. The van der Waals surface area contributed by atoms with Crippen molar-refractivity contribution in [1.82, 2.24) is 10.2 Å². The Balaban J connectivity index is 2.37. The van der Waals surface area contributed by atoms with E-state index in [0.717, 1.165) is 16.9 Å². The molecule has 0 fully saturated rings. The van der Waals surface area contributed by atoms with Crippen LogP contribution in [-0.2, 0) is 0 Å². The van der Waals surface area contributed by atoms with Gasteiger partial charge in [-0.05, 0) is 24.8 Å². The molecule has 0 amide bonds. The zero-order valence-corrected chi connectivity index (χ0v) is 12.1. The minimum absolute atomic E-state index is 0.130. The maximum atomic E-state index is 5.68. The van der Waals surface area contributed by atoms with Crippen LogP contribution < -0.4 is 0 Å². The fourth-order valence-corrected chi connectivity index (χ4v) is 2.24. The van der Waals surface area contributed by atoms with Crippen LogP contribution in [-0.4, -0.2) is 16.5 Å². The van der Waals surface area contributed by atoms with Crippen molar-refractivity contribution in [2.45, 2.75) is 23.1 Å². The maximum absolute atomic E-state index is 5.68. The number of hydrogen-bond acceptors (Lipinski definition) is 4. The SMILES string of the molecule is CCC(Br)c1nnc(-c2ccccc2SC)o1.